The van der Waals surface area contributed by atoms with Crippen LogP contribution in [0.2, 0.25) is 0 Å². The summed E-state index contributed by atoms with van der Waals surface area (Å²) < 4.78 is 1.79. The van der Waals surface area contributed by atoms with Crippen LogP contribution in [0.1, 0.15) is 29.8 Å². The molecule has 1 atom stereocenters. The first-order valence-electron chi connectivity index (χ1n) is 8.46. The van der Waals surface area contributed by atoms with Gasteiger partial charge < -0.3 is 5.32 Å². The quantitative estimate of drug-likeness (QED) is 0.676. The molecule has 0 saturated heterocycles. The molecule has 0 aliphatic rings. The first-order valence-corrected chi connectivity index (χ1v) is 9.69. The average molecular weight is 366 g/mol. The maximum Gasteiger partial charge on any atom is 0.224 e. The summed E-state index contributed by atoms with van der Waals surface area (Å²) in [6.45, 7) is 3.96. The summed E-state index contributed by atoms with van der Waals surface area (Å²) in [6.07, 6.45) is 5.94. The van der Waals surface area contributed by atoms with Gasteiger partial charge in [-0.1, -0.05) is 18.2 Å². The summed E-state index contributed by atoms with van der Waals surface area (Å²) in [6, 6.07) is 13.7. The van der Waals surface area contributed by atoms with Crippen molar-refractivity contribution in [2.24, 2.45) is 0 Å². The summed E-state index contributed by atoms with van der Waals surface area (Å²) in [5.74, 6) is 0.767. The molecular formula is C20H22N4OS. The molecule has 2 aromatic heterocycles. The smallest absolute Gasteiger partial charge is 0.224 e. The summed E-state index contributed by atoms with van der Waals surface area (Å²) >= 11 is 1.69. The molecule has 2 heterocycles. The van der Waals surface area contributed by atoms with Gasteiger partial charge >= 0.3 is 0 Å². The van der Waals surface area contributed by atoms with Crippen LogP contribution in [0, 0.1) is 6.92 Å². The van der Waals surface area contributed by atoms with Crippen LogP contribution in [-0.2, 0) is 11.2 Å². The van der Waals surface area contributed by atoms with Gasteiger partial charge in [-0.25, -0.2) is 9.67 Å². The van der Waals surface area contributed by atoms with E-state index < -0.39 is 0 Å². The molecule has 1 aromatic carbocycles. The number of aromatic nitrogens is 3. The number of carbonyl (C=O) groups is 1. The fraction of sp³-hybridized carbons (Fsp3) is 0.250. The summed E-state index contributed by atoms with van der Waals surface area (Å²) in [5, 5.41) is 7.48. The lowest BCUT2D eigenvalue weighted by Crippen LogP contribution is -2.28. The van der Waals surface area contributed by atoms with E-state index in [1.54, 1.807) is 28.8 Å². The Morgan fingerprint density at radius 2 is 2.00 bits per heavy atom. The number of amides is 1. The predicted octanol–water partition coefficient (Wildman–Crippen LogP) is 3.72. The molecule has 0 bridgehead atoms. The van der Waals surface area contributed by atoms with Crippen LogP contribution in [0.3, 0.4) is 0 Å². The molecular weight excluding hydrogens is 344 g/mol. The van der Waals surface area contributed by atoms with E-state index in [9.17, 15) is 4.79 Å². The molecule has 1 amide bonds. The van der Waals surface area contributed by atoms with Crippen LogP contribution in [0.25, 0.3) is 5.82 Å². The summed E-state index contributed by atoms with van der Waals surface area (Å²) in [4.78, 5) is 17.9. The number of thioether (sulfide) groups is 1. The fourth-order valence-electron chi connectivity index (χ4n) is 2.86. The van der Waals surface area contributed by atoms with Crippen molar-refractivity contribution in [2.75, 3.05) is 6.26 Å². The average Bonchev–Trinajstić information content (AvgIpc) is 3.04. The van der Waals surface area contributed by atoms with Gasteiger partial charge in [0.1, 0.15) is 0 Å². The first-order chi connectivity index (χ1) is 12.6. The van der Waals surface area contributed by atoms with E-state index >= 15 is 0 Å². The minimum absolute atomic E-state index is 0.000567. The van der Waals surface area contributed by atoms with Crippen LogP contribution in [-0.4, -0.2) is 26.9 Å². The van der Waals surface area contributed by atoms with Crippen molar-refractivity contribution in [3.05, 3.63) is 71.7 Å². The number of benzene rings is 1. The fourth-order valence-corrected chi connectivity index (χ4v) is 3.26. The molecule has 0 radical (unpaired) electrons. The van der Waals surface area contributed by atoms with E-state index in [1.807, 2.05) is 62.6 Å². The van der Waals surface area contributed by atoms with Crippen molar-refractivity contribution in [3.8, 4) is 5.82 Å². The summed E-state index contributed by atoms with van der Waals surface area (Å²) in [7, 11) is 0. The number of hydrogen-bond donors (Lipinski definition) is 1. The minimum atomic E-state index is -0.120. The number of nitrogens with zero attached hydrogens (tertiary/aromatic N) is 3. The van der Waals surface area contributed by atoms with Crippen LogP contribution in [0.5, 0.6) is 0 Å². The third-order valence-corrected chi connectivity index (χ3v) is 5.03. The zero-order chi connectivity index (χ0) is 18.5. The Morgan fingerprint density at radius 1 is 1.23 bits per heavy atom. The molecule has 3 aromatic rings. The summed E-state index contributed by atoms with van der Waals surface area (Å²) in [5.41, 5.74) is 2.97. The van der Waals surface area contributed by atoms with E-state index in [4.69, 9.17) is 0 Å². The maximum absolute atomic E-state index is 12.4. The van der Waals surface area contributed by atoms with Gasteiger partial charge in [0.05, 0.1) is 18.7 Å². The van der Waals surface area contributed by atoms with Crippen molar-refractivity contribution in [1.29, 1.82) is 0 Å². The first kappa shape index (κ1) is 18.2. The minimum Gasteiger partial charge on any atom is -0.349 e. The van der Waals surface area contributed by atoms with E-state index in [2.05, 4.69) is 15.4 Å². The third kappa shape index (κ3) is 4.14. The normalized spacial score (nSPS) is 12.0. The lowest BCUT2D eigenvalue weighted by atomic mass is 10.1. The van der Waals surface area contributed by atoms with Gasteiger partial charge in [0, 0.05) is 22.3 Å². The molecule has 0 fully saturated rings. The number of carbonyl (C=O) groups excluding carboxylic acids is 1. The number of hydrogen-bond acceptors (Lipinski definition) is 4. The van der Waals surface area contributed by atoms with Gasteiger partial charge in [-0.3, -0.25) is 4.79 Å². The molecule has 3 rings (SSSR count). The largest absolute Gasteiger partial charge is 0.349 e. The number of nitrogens with one attached hydrogen (secondary N) is 1. The maximum atomic E-state index is 12.4. The molecule has 6 heteroatoms. The Bertz CT molecular complexity index is 875. The zero-order valence-electron chi connectivity index (χ0n) is 15.1. The van der Waals surface area contributed by atoms with E-state index in [-0.39, 0.29) is 11.9 Å². The van der Waals surface area contributed by atoms with Gasteiger partial charge in [0.15, 0.2) is 5.82 Å². The predicted molar refractivity (Wildman–Crippen MR) is 105 cm³/mol. The van der Waals surface area contributed by atoms with Crippen molar-refractivity contribution in [3.63, 3.8) is 0 Å². The topological polar surface area (TPSA) is 59.8 Å². The Hall–Kier alpha value is -2.60. The van der Waals surface area contributed by atoms with Gasteiger partial charge in [-0.05, 0) is 49.9 Å². The molecule has 5 nitrogen and oxygen atoms in total. The molecule has 0 aliphatic carbocycles. The Balaban J connectivity index is 1.67. The monoisotopic (exact) mass is 366 g/mol. The second-order valence-electron chi connectivity index (χ2n) is 6.10. The van der Waals surface area contributed by atoms with Crippen LogP contribution < -0.4 is 5.32 Å². The van der Waals surface area contributed by atoms with Crippen LogP contribution >= 0.6 is 11.8 Å². The highest BCUT2D eigenvalue weighted by atomic mass is 32.2. The Kier molecular flexibility index (Phi) is 5.73. The highest BCUT2D eigenvalue weighted by Crippen LogP contribution is 2.20. The van der Waals surface area contributed by atoms with Gasteiger partial charge in [0.2, 0.25) is 5.91 Å². The Labute approximate surface area is 157 Å². The van der Waals surface area contributed by atoms with E-state index in [0.717, 1.165) is 22.6 Å². The zero-order valence-corrected chi connectivity index (χ0v) is 16.0. The highest BCUT2D eigenvalue weighted by Gasteiger charge is 2.16. The van der Waals surface area contributed by atoms with Crippen LogP contribution in [0.4, 0.5) is 0 Å². The second-order valence-corrected chi connectivity index (χ2v) is 6.98. The Morgan fingerprint density at radius 3 is 2.65 bits per heavy atom. The number of pyridine rings is 1. The van der Waals surface area contributed by atoms with Gasteiger partial charge in [0.25, 0.3) is 0 Å². The second kappa shape index (κ2) is 8.19. The van der Waals surface area contributed by atoms with Crippen molar-refractivity contribution in [2.45, 2.75) is 31.2 Å². The molecule has 0 spiro atoms. The van der Waals surface area contributed by atoms with E-state index in [0.29, 0.717) is 6.42 Å². The molecule has 0 unspecified atom stereocenters. The van der Waals surface area contributed by atoms with Crippen molar-refractivity contribution in [1.82, 2.24) is 20.1 Å². The van der Waals surface area contributed by atoms with Crippen molar-refractivity contribution < 1.29 is 4.79 Å². The lowest BCUT2D eigenvalue weighted by molar-refractivity contribution is -0.121. The van der Waals surface area contributed by atoms with Crippen LogP contribution in [0.15, 0.2) is 59.8 Å². The van der Waals surface area contributed by atoms with E-state index in [1.165, 1.54) is 4.90 Å². The molecule has 0 aliphatic heterocycles. The van der Waals surface area contributed by atoms with Gasteiger partial charge in [-0.15, -0.1) is 11.8 Å². The number of rotatable bonds is 6. The molecule has 0 saturated carbocycles. The standard InChI is InChI=1S/C20H22N4OS/c1-14(23-20(25)12-16-7-9-17(26-3)10-8-16)18-13-22-24(15(18)2)19-6-4-5-11-21-19/h4-11,13-14H,12H2,1-3H3,(H,23,25)/t14-/m0/s1. The molecule has 134 valence electrons. The highest BCUT2D eigenvalue weighted by molar-refractivity contribution is 7.98. The van der Waals surface area contributed by atoms with Crippen molar-refractivity contribution >= 4 is 17.7 Å². The van der Waals surface area contributed by atoms with Gasteiger partial charge in [-0.2, -0.15) is 5.10 Å². The lowest BCUT2D eigenvalue weighted by Gasteiger charge is -2.14. The third-order valence-electron chi connectivity index (χ3n) is 4.28. The molecule has 26 heavy (non-hydrogen) atoms. The SMILES string of the molecule is CSc1ccc(CC(=O)N[C@@H](C)c2cnn(-c3ccccn3)c2C)cc1. The molecule has 1 N–H and O–H groups in total.